The van der Waals surface area contributed by atoms with Crippen LogP contribution in [0.25, 0.3) is 0 Å². The van der Waals surface area contributed by atoms with Gasteiger partial charge in [-0.3, -0.25) is 0 Å². The minimum absolute atomic E-state index is 0.390. The van der Waals surface area contributed by atoms with E-state index in [-0.39, 0.29) is 0 Å². The lowest BCUT2D eigenvalue weighted by molar-refractivity contribution is 0.192. The van der Waals surface area contributed by atoms with Crippen molar-refractivity contribution in [3.8, 4) is 0 Å². The summed E-state index contributed by atoms with van der Waals surface area (Å²) in [6.45, 7) is 0.390. The molecule has 0 bridgehead atoms. The molecular formula is C11H14N4OS2. The zero-order chi connectivity index (χ0) is 13.0. The quantitative estimate of drug-likeness (QED) is 0.574. The van der Waals surface area contributed by atoms with Crippen molar-refractivity contribution in [2.45, 2.75) is 11.3 Å². The lowest BCUT2D eigenvalue weighted by atomic mass is 10.2. The van der Waals surface area contributed by atoms with Gasteiger partial charge in [0.15, 0.2) is 5.16 Å². The molecule has 2 aromatic heterocycles. The van der Waals surface area contributed by atoms with E-state index >= 15 is 0 Å². The number of thiophene rings is 1. The fourth-order valence-electron chi connectivity index (χ4n) is 1.41. The van der Waals surface area contributed by atoms with Gasteiger partial charge in [-0.15, -0.1) is 0 Å². The fourth-order valence-corrected chi connectivity index (χ4v) is 2.50. The SMILES string of the molecule is CSc1nc(N)cc(NCC(O)c2ccsc2)n1. The second kappa shape index (κ2) is 6.03. The molecule has 96 valence electrons. The Labute approximate surface area is 113 Å². The average Bonchev–Trinajstić information content (AvgIpc) is 2.89. The van der Waals surface area contributed by atoms with Crippen LogP contribution >= 0.6 is 23.1 Å². The van der Waals surface area contributed by atoms with E-state index in [0.29, 0.717) is 23.3 Å². The Morgan fingerprint density at radius 3 is 3.06 bits per heavy atom. The van der Waals surface area contributed by atoms with Crippen LogP contribution < -0.4 is 11.1 Å². The second-order valence-corrected chi connectivity index (χ2v) is 5.17. The molecule has 1 unspecified atom stereocenters. The lowest BCUT2D eigenvalue weighted by Gasteiger charge is -2.11. The topological polar surface area (TPSA) is 84.1 Å². The van der Waals surface area contributed by atoms with Gasteiger partial charge in [0.2, 0.25) is 0 Å². The molecule has 0 radical (unpaired) electrons. The van der Waals surface area contributed by atoms with E-state index in [2.05, 4.69) is 15.3 Å². The van der Waals surface area contributed by atoms with Gasteiger partial charge in [0.25, 0.3) is 0 Å². The summed E-state index contributed by atoms with van der Waals surface area (Å²) in [5, 5.41) is 17.5. The summed E-state index contributed by atoms with van der Waals surface area (Å²) in [4.78, 5) is 8.32. The maximum atomic E-state index is 9.93. The van der Waals surface area contributed by atoms with Gasteiger partial charge < -0.3 is 16.2 Å². The number of thioether (sulfide) groups is 1. The number of nitrogens with zero attached hydrogens (tertiary/aromatic N) is 2. The van der Waals surface area contributed by atoms with Crippen molar-refractivity contribution >= 4 is 34.7 Å². The molecule has 0 saturated heterocycles. The highest BCUT2D eigenvalue weighted by Gasteiger charge is 2.08. The highest BCUT2D eigenvalue weighted by atomic mass is 32.2. The van der Waals surface area contributed by atoms with Crippen LogP contribution in [0.2, 0.25) is 0 Å². The first-order valence-corrected chi connectivity index (χ1v) is 7.48. The molecule has 5 nitrogen and oxygen atoms in total. The third-order valence-corrected chi connectivity index (χ3v) is 3.56. The molecule has 18 heavy (non-hydrogen) atoms. The molecule has 4 N–H and O–H groups in total. The van der Waals surface area contributed by atoms with Crippen molar-refractivity contribution in [3.05, 3.63) is 28.5 Å². The van der Waals surface area contributed by atoms with Crippen molar-refractivity contribution in [1.29, 1.82) is 0 Å². The van der Waals surface area contributed by atoms with Crippen LogP contribution in [0.15, 0.2) is 28.0 Å². The maximum Gasteiger partial charge on any atom is 0.191 e. The number of nitrogen functional groups attached to an aromatic ring is 1. The minimum Gasteiger partial charge on any atom is -0.387 e. The number of nitrogens with one attached hydrogen (secondary N) is 1. The number of anilines is 2. The van der Waals surface area contributed by atoms with Gasteiger partial charge in [-0.05, 0) is 28.6 Å². The van der Waals surface area contributed by atoms with Crippen molar-refractivity contribution in [2.24, 2.45) is 0 Å². The number of aliphatic hydroxyl groups excluding tert-OH is 1. The molecule has 0 amide bonds. The van der Waals surface area contributed by atoms with Crippen molar-refractivity contribution < 1.29 is 5.11 Å². The molecule has 0 spiro atoms. The molecule has 0 aromatic carbocycles. The first kappa shape index (κ1) is 13.1. The lowest BCUT2D eigenvalue weighted by Crippen LogP contribution is -2.13. The monoisotopic (exact) mass is 282 g/mol. The van der Waals surface area contributed by atoms with E-state index in [4.69, 9.17) is 5.73 Å². The number of nitrogens with two attached hydrogens (primary N) is 1. The average molecular weight is 282 g/mol. The largest absolute Gasteiger partial charge is 0.387 e. The number of rotatable bonds is 5. The number of aromatic nitrogens is 2. The molecule has 0 aliphatic rings. The van der Waals surface area contributed by atoms with Gasteiger partial charge in [0, 0.05) is 12.6 Å². The van der Waals surface area contributed by atoms with Crippen molar-refractivity contribution in [1.82, 2.24) is 9.97 Å². The van der Waals surface area contributed by atoms with Crippen LogP contribution in [0.3, 0.4) is 0 Å². The van der Waals surface area contributed by atoms with Gasteiger partial charge in [-0.25, -0.2) is 9.97 Å². The van der Waals surface area contributed by atoms with Crippen LogP contribution in [0, 0.1) is 0 Å². The highest BCUT2D eigenvalue weighted by molar-refractivity contribution is 7.98. The van der Waals surface area contributed by atoms with E-state index in [9.17, 15) is 5.11 Å². The normalized spacial score (nSPS) is 12.3. The van der Waals surface area contributed by atoms with Crippen LogP contribution in [-0.4, -0.2) is 27.9 Å². The molecule has 0 aliphatic carbocycles. The molecule has 2 heterocycles. The molecule has 2 rings (SSSR count). The molecule has 0 aliphatic heterocycles. The number of hydrogen-bond donors (Lipinski definition) is 3. The first-order valence-electron chi connectivity index (χ1n) is 5.31. The summed E-state index contributed by atoms with van der Waals surface area (Å²) in [7, 11) is 0. The Balaban J connectivity index is 1.99. The molecule has 0 saturated carbocycles. The summed E-state index contributed by atoms with van der Waals surface area (Å²) in [6, 6.07) is 3.55. The molecule has 7 heteroatoms. The summed E-state index contributed by atoms with van der Waals surface area (Å²) in [6.07, 6.45) is 1.34. The summed E-state index contributed by atoms with van der Waals surface area (Å²) < 4.78 is 0. The number of aliphatic hydroxyl groups is 1. The van der Waals surface area contributed by atoms with Gasteiger partial charge in [-0.2, -0.15) is 11.3 Å². The smallest absolute Gasteiger partial charge is 0.191 e. The summed E-state index contributed by atoms with van der Waals surface area (Å²) in [5.41, 5.74) is 6.57. The van der Waals surface area contributed by atoms with E-state index in [1.54, 1.807) is 17.4 Å². The molecule has 1 atom stereocenters. The summed E-state index contributed by atoms with van der Waals surface area (Å²) in [5.74, 6) is 1.04. The molecule has 2 aromatic rings. The number of hydrogen-bond acceptors (Lipinski definition) is 7. The predicted molar refractivity (Wildman–Crippen MR) is 76.0 cm³/mol. The maximum absolute atomic E-state index is 9.93. The first-order chi connectivity index (χ1) is 8.69. The van der Waals surface area contributed by atoms with E-state index in [1.165, 1.54) is 11.8 Å². The van der Waals surface area contributed by atoms with Crippen LogP contribution in [-0.2, 0) is 0 Å². The van der Waals surface area contributed by atoms with Crippen molar-refractivity contribution in [3.63, 3.8) is 0 Å². The van der Waals surface area contributed by atoms with Gasteiger partial charge in [-0.1, -0.05) is 11.8 Å². The van der Waals surface area contributed by atoms with Gasteiger partial charge in [0.1, 0.15) is 11.6 Å². The third kappa shape index (κ3) is 3.34. The van der Waals surface area contributed by atoms with E-state index in [0.717, 1.165) is 5.56 Å². The predicted octanol–water partition coefficient (Wildman–Crippen LogP) is 1.99. The third-order valence-electron chi connectivity index (χ3n) is 2.31. The van der Waals surface area contributed by atoms with Gasteiger partial charge >= 0.3 is 0 Å². The van der Waals surface area contributed by atoms with Crippen LogP contribution in [0.5, 0.6) is 0 Å². The molecule has 0 fully saturated rings. The van der Waals surface area contributed by atoms with Crippen molar-refractivity contribution in [2.75, 3.05) is 23.9 Å². The Kier molecular flexibility index (Phi) is 4.40. The van der Waals surface area contributed by atoms with Crippen LogP contribution in [0.4, 0.5) is 11.6 Å². The van der Waals surface area contributed by atoms with E-state index < -0.39 is 6.10 Å². The zero-order valence-electron chi connectivity index (χ0n) is 9.83. The Morgan fingerprint density at radius 1 is 1.56 bits per heavy atom. The molecular weight excluding hydrogens is 268 g/mol. The standard InChI is InChI=1S/C11H14N4OS2/c1-17-11-14-9(12)4-10(15-11)13-5-8(16)7-2-3-18-6-7/h2-4,6,8,16H,5H2,1H3,(H3,12,13,14,15). The Hall–Kier alpha value is -1.31. The fraction of sp³-hybridized carbons (Fsp3) is 0.273. The highest BCUT2D eigenvalue weighted by Crippen LogP contribution is 2.18. The van der Waals surface area contributed by atoms with Gasteiger partial charge in [0.05, 0.1) is 6.10 Å². The Bertz CT molecular complexity index is 504. The van der Waals surface area contributed by atoms with E-state index in [1.807, 2.05) is 23.1 Å². The minimum atomic E-state index is -0.551. The summed E-state index contributed by atoms with van der Waals surface area (Å²) >= 11 is 2.99. The Morgan fingerprint density at radius 2 is 2.39 bits per heavy atom. The second-order valence-electron chi connectivity index (χ2n) is 3.62. The van der Waals surface area contributed by atoms with Crippen LogP contribution in [0.1, 0.15) is 11.7 Å². The zero-order valence-corrected chi connectivity index (χ0v) is 11.5.